The first-order valence-electron chi connectivity index (χ1n) is 9.81. The smallest absolute Gasteiger partial charge is 0.332 e. The predicted molar refractivity (Wildman–Crippen MR) is 118 cm³/mol. The zero-order valence-electron chi connectivity index (χ0n) is 17.8. The summed E-state index contributed by atoms with van der Waals surface area (Å²) >= 11 is 0. The summed E-state index contributed by atoms with van der Waals surface area (Å²) in [5.74, 6) is 0.376. The molecular formula is C22H23N5O4. The molecule has 0 aliphatic rings. The molecule has 0 spiro atoms. The first kappa shape index (κ1) is 20.4. The van der Waals surface area contributed by atoms with E-state index in [1.807, 2.05) is 24.4 Å². The molecule has 1 aromatic carbocycles. The molecule has 160 valence electrons. The van der Waals surface area contributed by atoms with Crippen molar-refractivity contribution >= 4 is 27.8 Å². The van der Waals surface area contributed by atoms with Crippen LogP contribution in [0.15, 0.2) is 40.1 Å². The molecule has 0 saturated heterocycles. The number of benzene rings is 1. The van der Waals surface area contributed by atoms with Crippen LogP contribution in [-0.4, -0.2) is 38.7 Å². The second kappa shape index (κ2) is 7.75. The zero-order valence-corrected chi connectivity index (χ0v) is 17.8. The van der Waals surface area contributed by atoms with Crippen LogP contribution in [-0.2, 0) is 20.5 Å². The molecule has 3 aromatic heterocycles. The van der Waals surface area contributed by atoms with Crippen LogP contribution < -0.4 is 21.3 Å². The van der Waals surface area contributed by atoms with Gasteiger partial charge in [0.05, 0.1) is 18.1 Å². The maximum atomic E-state index is 13.0. The lowest BCUT2D eigenvalue weighted by Crippen LogP contribution is -2.39. The molecule has 0 radical (unpaired) electrons. The van der Waals surface area contributed by atoms with Crippen LogP contribution in [0, 0.1) is 6.92 Å². The van der Waals surface area contributed by atoms with Crippen LogP contribution >= 0.6 is 0 Å². The Labute approximate surface area is 177 Å². The minimum absolute atomic E-state index is 0.129. The van der Waals surface area contributed by atoms with Crippen LogP contribution in [0.5, 0.6) is 5.75 Å². The Morgan fingerprint density at radius 1 is 1.19 bits per heavy atom. The topological polar surface area (TPSA) is 111 Å². The summed E-state index contributed by atoms with van der Waals surface area (Å²) in [6.07, 6.45) is 2.51. The van der Waals surface area contributed by atoms with Crippen molar-refractivity contribution in [2.75, 3.05) is 13.7 Å². The van der Waals surface area contributed by atoms with Gasteiger partial charge in [0.2, 0.25) is 0 Å². The second-order valence-electron chi connectivity index (χ2n) is 7.45. The van der Waals surface area contributed by atoms with E-state index < -0.39 is 11.2 Å². The van der Waals surface area contributed by atoms with Crippen LogP contribution in [0.1, 0.15) is 21.6 Å². The molecule has 0 aliphatic carbocycles. The van der Waals surface area contributed by atoms with Crippen molar-refractivity contribution in [2.24, 2.45) is 14.1 Å². The molecule has 9 heteroatoms. The van der Waals surface area contributed by atoms with Gasteiger partial charge < -0.3 is 15.0 Å². The molecule has 4 rings (SSSR count). The highest BCUT2D eigenvalue weighted by Gasteiger charge is 2.19. The summed E-state index contributed by atoms with van der Waals surface area (Å²) in [6, 6.07) is 7.35. The number of H-pyrrole nitrogens is 1. The van der Waals surface area contributed by atoms with Crippen molar-refractivity contribution < 1.29 is 9.53 Å². The normalized spacial score (nSPS) is 11.2. The summed E-state index contributed by atoms with van der Waals surface area (Å²) in [6.45, 7) is 2.09. The Morgan fingerprint density at radius 2 is 1.97 bits per heavy atom. The number of carbonyl (C=O) groups excluding carboxylic acids is 1. The maximum Gasteiger partial charge on any atom is 0.332 e. The highest BCUT2D eigenvalue weighted by Crippen LogP contribution is 2.23. The maximum absolute atomic E-state index is 13.0. The molecule has 0 bridgehead atoms. The molecule has 4 aromatic rings. The third kappa shape index (κ3) is 3.48. The number of methoxy groups -OCH3 is 1. The summed E-state index contributed by atoms with van der Waals surface area (Å²) in [5.41, 5.74) is 1.95. The summed E-state index contributed by atoms with van der Waals surface area (Å²) in [7, 11) is 4.54. The van der Waals surface area contributed by atoms with E-state index in [2.05, 4.69) is 15.3 Å². The van der Waals surface area contributed by atoms with Gasteiger partial charge in [-0.1, -0.05) is 0 Å². The Balaban J connectivity index is 1.63. The third-order valence-corrected chi connectivity index (χ3v) is 5.44. The Bertz CT molecular complexity index is 1440. The van der Waals surface area contributed by atoms with Crippen LogP contribution in [0.4, 0.5) is 0 Å². The van der Waals surface area contributed by atoms with Gasteiger partial charge in [-0.15, -0.1) is 0 Å². The van der Waals surface area contributed by atoms with Crippen molar-refractivity contribution in [3.63, 3.8) is 0 Å². The first-order valence-corrected chi connectivity index (χ1v) is 9.81. The van der Waals surface area contributed by atoms with Crippen molar-refractivity contribution in [3.05, 3.63) is 68.1 Å². The molecule has 9 nitrogen and oxygen atoms in total. The number of nitrogens with zero attached hydrogens (tertiary/aromatic N) is 3. The number of carbonyl (C=O) groups is 1. The lowest BCUT2D eigenvalue weighted by Gasteiger charge is -2.12. The average molecular weight is 421 g/mol. The Morgan fingerprint density at radius 3 is 2.71 bits per heavy atom. The molecule has 1 amide bonds. The highest BCUT2D eigenvalue weighted by atomic mass is 16.5. The van der Waals surface area contributed by atoms with E-state index in [1.165, 1.54) is 18.7 Å². The van der Waals surface area contributed by atoms with Crippen molar-refractivity contribution in [2.45, 2.75) is 13.3 Å². The number of pyridine rings is 1. The second-order valence-corrected chi connectivity index (χ2v) is 7.45. The minimum atomic E-state index is -0.542. The average Bonchev–Trinajstić information content (AvgIpc) is 3.17. The fraction of sp³-hybridized carbons (Fsp3) is 0.273. The van der Waals surface area contributed by atoms with Crippen LogP contribution in [0.3, 0.4) is 0 Å². The molecule has 2 N–H and O–H groups in total. The number of hydrogen-bond acceptors (Lipinski definition) is 5. The Kier molecular flexibility index (Phi) is 5.10. The Hall–Kier alpha value is -3.88. The van der Waals surface area contributed by atoms with Crippen molar-refractivity contribution in [1.29, 1.82) is 0 Å². The summed E-state index contributed by atoms with van der Waals surface area (Å²) in [5, 5.41) is 4.04. The predicted octanol–water partition coefficient (Wildman–Crippen LogP) is 1.40. The van der Waals surface area contributed by atoms with Crippen molar-refractivity contribution in [3.8, 4) is 5.75 Å². The number of nitrogens with one attached hydrogen (secondary N) is 2. The van der Waals surface area contributed by atoms with Gasteiger partial charge in [-0.05, 0) is 43.2 Å². The summed E-state index contributed by atoms with van der Waals surface area (Å²) < 4.78 is 7.55. The molecule has 0 unspecified atom stereocenters. The van der Waals surface area contributed by atoms with Gasteiger partial charge in [-0.2, -0.15) is 0 Å². The lowest BCUT2D eigenvalue weighted by atomic mass is 10.1. The van der Waals surface area contributed by atoms with E-state index in [-0.39, 0.29) is 22.5 Å². The fourth-order valence-corrected chi connectivity index (χ4v) is 3.76. The van der Waals surface area contributed by atoms with Gasteiger partial charge >= 0.3 is 5.69 Å². The van der Waals surface area contributed by atoms with E-state index in [4.69, 9.17) is 4.74 Å². The fourth-order valence-electron chi connectivity index (χ4n) is 3.76. The number of rotatable bonds is 5. The number of fused-ring (bicyclic) bond motifs is 2. The monoisotopic (exact) mass is 421 g/mol. The van der Waals surface area contributed by atoms with Gasteiger partial charge in [-0.3, -0.25) is 18.7 Å². The van der Waals surface area contributed by atoms with Crippen LogP contribution in [0.2, 0.25) is 0 Å². The SMILES string of the molecule is COc1ccc2[nH]cc(CCNC(=O)c3cc(C)nc4c3c(=O)n(C)c(=O)n4C)c2c1. The van der Waals surface area contributed by atoms with Crippen LogP contribution in [0.25, 0.3) is 21.9 Å². The van der Waals surface area contributed by atoms with E-state index in [0.717, 1.165) is 26.8 Å². The largest absolute Gasteiger partial charge is 0.497 e. The number of aryl methyl sites for hydroxylation is 2. The van der Waals surface area contributed by atoms with E-state index >= 15 is 0 Å². The van der Waals surface area contributed by atoms with Crippen molar-refractivity contribution in [1.82, 2.24) is 24.4 Å². The standard InChI is InChI=1S/C22H23N5O4/c1-12-9-16(18-19(25-12)26(2)22(30)27(3)21(18)29)20(28)23-8-7-13-11-24-17-6-5-14(31-4)10-15(13)17/h5-6,9-11,24H,7-8H2,1-4H3,(H,23,28). The van der Waals surface area contributed by atoms with Gasteiger partial charge in [-0.25, -0.2) is 9.78 Å². The number of amides is 1. The zero-order chi connectivity index (χ0) is 22.3. The van der Waals surface area contributed by atoms with E-state index in [0.29, 0.717) is 18.7 Å². The van der Waals surface area contributed by atoms with E-state index in [9.17, 15) is 14.4 Å². The van der Waals surface area contributed by atoms with Gasteiger partial charge in [0.1, 0.15) is 11.4 Å². The van der Waals surface area contributed by atoms with Gasteiger partial charge in [0, 0.05) is 43.4 Å². The molecular weight excluding hydrogens is 398 g/mol. The number of aromatic nitrogens is 4. The summed E-state index contributed by atoms with van der Waals surface area (Å²) in [4.78, 5) is 45.4. The van der Waals surface area contributed by atoms with E-state index in [1.54, 1.807) is 20.1 Å². The molecule has 0 fully saturated rings. The highest BCUT2D eigenvalue weighted by molar-refractivity contribution is 6.05. The molecule has 0 aliphatic heterocycles. The lowest BCUT2D eigenvalue weighted by molar-refractivity contribution is 0.0955. The third-order valence-electron chi connectivity index (χ3n) is 5.44. The molecule has 3 heterocycles. The molecule has 0 atom stereocenters. The number of aromatic amines is 1. The minimum Gasteiger partial charge on any atom is -0.497 e. The number of ether oxygens (including phenoxy) is 1. The van der Waals surface area contributed by atoms with Gasteiger partial charge in [0.25, 0.3) is 11.5 Å². The molecule has 31 heavy (non-hydrogen) atoms. The van der Waals surface area contributed by atoms with Gasteiger partial charge in [0.15, 0.2) is 0 Å². The quantitative estimate of drug-likeness (QED) is 0.506. The molecule has 0 saturated carbocycles. The number of hydrogen-bond donors (Lipinski definition) is 2. The first-order chi connectivity index (χ1) is 14.8.